The van der Waals surface area contributed by atoms with E-state index >= 15 is 0 Å². The Balaban J connectivity index is 1.25. The maximum absolute atomic E-state index is 12.1. The minimum atomic E-state index is -1.12. The summed E-state index contributed by atoms with van der Waals surface area (Å²) in [6.07, 6.45) is 2.31. The van der Waals surface area contributed by atoms with Gasteiger partial charge in [0.25, 0.3) is 11.9 Å². The molecule has 9 N–H and O–H groups in total. The van der Waals surface area contributed by atoms with E-state index in [1.807, 2.05) is 27.7 Å². The van der Waals surface area contributed by atoms with Crippen molar-refractivity contribution in [1.29, 1.82) is 5.53 Å². The summed E-state index contributed by atoms with van der Waals surface area (Å²) in [6, 6.07) is 0. The molecule has 22 nitrogen and oxygen atoms in total. The Labute approximate surface area is 275 Å². The molecule has 0 saturated heterocycles. The van der Waals surface area contributed by atoms with Crippen LogP contribution in [0.2, 0.25) is 0 Å². The third kappa shape index (κ3) is 7.63. The Morgan fingerprint density at radius 3 is 2.27 bits per heavy atom. The van der Waals surface area contributed by atoms with Gasteiger partial charge in [-0.2, -0.15) is 30.2 Å². The molecule has 3 heterocycles. The van der Waals surface area contributed by atoms with E-state index in [0.29, 0.717) is 0 Å². The molecule has 0 radical (unpaired) electrons. The fourth-order valence-corrected chi connectivity index (χ4v) is 4.59. The van der Waals surface area contributed by atoms with Crippen LogP contribution < -0.4 is 27.3 Å². The van der Waals surface area contributed by atoms with Gasteiger partial charge in [0.1, 0.15) is 12.3 Å². The standard InChI is InChI=1S/C26H42N18O4/c1-13(2)26(7,8)44(41-29)23-33-21(38-40-23)31-19(28)36-35-18(27)30-20-32-22(39-37-20)43-10-15(34-42-43)12-48-17(46)16(45)47-11-14-9-24(3,4)25(14,5)6/h10,13-14,29H,9,11-12H2,1-8H3,(H4,27,30,32,35,37,39)(H4,28,31,33,36,38,40). The lowest BCUT2D eigenvalue weighted by Gasteiger charge is -2.58. The number of nitrogens with zero attached hydrogens (tertiary/aromatic N) is 11. The summed E-state index contributed by atoms with van der Waals surface area (Å²) in [5.74, 6) is -1.91. The second kappa shape index (κ2) is 13.6. The lowest BCUT2D eigenvalue weighted by molar-refractivity contribution is -0.176. The number of aromatic nitrogens is 9. The molecule has 48 heavy (non-hydrogen) atoms. The minimum Gasteiger partial charge on any atom is -0.457 e. The van der Waals surface area contributed by atoms with Crippen LogP contribution in [0, 0.1) is 28.2 Å². The number of hydrazine groups is 1. The molecular formula is C26H42N18O4. The molecule has 0 spiro atoms. The first-order valence-electron chi connectivity index (χ1n) is 14.9. The summed E-state index contributed by atoms with van der Waals surface area (Å²) in [6.45, 7) is 16.2. The van der Waals surface area contributed by atoms with E-state index in [-0.39, 0.29) is 77.3 Å². The van der Waals surface area contributed by atoms with Crippen LogP contribution in [0.3, 0.4) is 0 Å². The average molecular weight is 671 g/mol. The normalized spacial score (nSPS) is 17.4. The molecule has 1 saturated carbocycles. The highest BCUT2D eigenvalue weighted by molar-refractivity contribution is 6.29. The first-order valence-corrected chi connectivity index (χ1v) is 14.9. The summed E-state index contributed by atoms with van der Waals surface area (Å²) in [7, 11) is 0. The molecule has 1 fully saturated rings. The van der Waals surface area contributed by atoms with Gasteiger partial charge in [-0.25, -0.2) is 24.8 Å². The number of hydrogen-bond acceptors (Lipinski definition) is 14. The third-order valence-corrected chi connectivity index (χ3v) is 9.14. The van der Waals surface area contributed by atoms with E-state index in [0.717, 1.165) is 6.42 Å². The fraction of sp³-hybridized carbons (Fsp3) is 0.615. The van der Waals surface area contributed by atoms with Crippen LogP contribution in [0.5, 0.6) is 0 Å². The number of nitrogens with two attached hydrogens (primary N) is 2. The number of carbonyl (C=O) groups excluding carboxylic acids is 2. The minimum absolute atomic E-state index is 0.00319. The number of rotatable bonds is 11. The van der Waals surface area contributed by atoms with Gasteiger partial charge in [-0.05, 0) is 42.9 Å². The SMILES string of the molecule is CC(C)C(C)(C)N(N=N)c1n[nH]c(/N=C(/N)NN/C(N)=N/c2nc(-n3cc(COC(=O)C(=O)OCC4CC(C)(C)C4(C)C)nn3)n[nH]2)n1. The van der Waals surface area contributed by atoms with E-state index in [4.69, 9.17) is 26.5 Å². The zero-order valence-corrected chi connectivity index (χ0v) is 28.1. The van der Waals surface area contributed by atoms with Gasteiger partial charge in [0.15, 0.2) is 0 Å². The van der Waals surface area contributed by atoms with Crippen molar-refractivity contribution in [2.45, 2.75) is 74.0 Å². The van der Waals surface area contributed by atoms with Gasteiger partial charge < -0.3 is 20.9 Å². The highest BCUT2D eigenvalue weighted by Crippen LogP contribution is 2.59. The Hall–Kier alpha value is -5.70. The number of anilines is 1. The van der Waals surface area contributed by atoms with Crippen LogP contribution >= 0.6 is 0 Å². The molecular weight excluding hydrogens is 628 g/mol. The molecule has 4 rings (SSSR count). The van der Waals surface area contributed by atoms with E-state index in [2.05, 4.69) is 94.4 Å². The van der Waals surface area contributed by atoms with Crippen LogP contribution in [0.25, 0.3) is 5.95 Å². The monoisotopic (exact) mass is 670 g/mol. The molecule has 0 aliphatic heterocycles. The van der Waals surface area contributed by atoms with Crippen molar-refractivity contribution in [2.75, 3.05) is 11.6 Å². The smallest absolute Gasteiger partial charge is 0.417 e. The number of hydrogen-bond donors (Lipinski definition) is 7. The molecule has 0 bridgehead atoms. The number of ether oxygens (including phenoxy) is 2. The Bertz CT molecular complexity index is 1680. The van der Waals surface area contributed by atoms with Gasteiger partial charge in [0.2, 0.25) is 23.8 Å². The molecule has 3 aromatic heterocycles. The van der Waals surface area contributed by atoms with Crippen molar-refractivity contribution in [3.8, 4) is 5.95 Å². The number of aromatic amines is 2. The molecule has 22 heteroatoms. The largest absolute Gasteiger partial charge is 0.457 e. The lowest BCUT2D eigenvalue weighted by atomic mass is 9.47. The molecule has 1 unspecified atom stereocenters. The topological polar surface area (TPSA) is 307 Å². The third-order valence-electron chi connectivity index (χ3n) is 9.14. The zero-order valence-electron chi connectivity index (χ0n) is 28.1. The quantitative estimate of drug-likeness (QED) is 0.0374. The number of esters is 2. The van der Waals surface area contributed by atoms with Gasteiger partial charge >= 0.3 is 11.9 Å². The first kappa shape index (κ1) is 35.2. The van der Waals surface area contributed by atoms with Crippen molar-refractivity contribution in [1.82, 2.24) is 56.2 Å². The summed E-state index contributed by atoms with van der Waals surface area (Å²) in [4.78, 5) is 40.7. The maximum Gasteiger partial charge on any atom is 0.417 e. The van der Waals surface area contributed by atoms with Crippen molar-refractivity contribution in [3.05, 3.63) is 11.9 Å². The fourth-order valence-electron chi connectivity index (χ4n) is 4.59. The molecule has 260 valence electrons. The maximum atomic E-state index is 12.1. The molecule has 0 aromatic carbocycles. The zero-order chi connectivity index (χ0) is 35.4. The summed E-state index contributed by atoms with van der Waals surface area (Å²) in [5, 5.41) is 26.0. The highest BCUT2D eigenvalue weighted by Gasteiger charge is 2.54. The molecule has 0 amide bonds. The van der Waals surface area contributed by atoms with Crippen molar-refractivity contribution in [2.24, 2.45) is 49.3 Å². The number of aliphatic imine (C=N–C) groups is 2. The molecule has 1 aliphatic carbocycles. The number of carbonyl (C=O) groups is 2. The number of nitrogens with one attached hydrogen (secondary N) is 5. The van der Waals surface area contributed by atoms with Crippen LogP contribution in [-0.2, 0) is 25.7 Å². The molecule has 3 aromatic rings. The summed E-state index contributed by atoms with van der Waals surface area (Å²) >= 11 is 0. The van der Waals surface area contributed by atoms with Gasteiger partial charge in [0, 0.05) is 0 Å². The molecule has 1 aliphatic rings. The predicted molar refractivity (Wildman–Crippen MR) is 169 cm³/mol. The van der Waals surface area contributed by atoms with Gasteiger partial charge in [-0.15, -0.1) is 15.3 Å². The van der Waals surface area contributed by atoms with E-state index in [1.54, 1.807) is 0 Å². The Kier molecular flexibility index (Phi) is 9.94. The van der Waals surface area contributed by atoms with Gasteiger partial charge in [-0.1, -0.05) is 52.0 Å². The van der Waals surface area contributed by atoms with Crippen LogP contribution in [0.4, 0.5) is 17.8 Å². The Morgan fingerprint density at radius 1 is 1.08 bits per heavy atom. The van der Waals surface area contributed by atoms with E-state index < -0.39 is 17.5 Å². The highest BCUT2D eigenvalue weighted by atomic mass is 16.6. The second-order valence-electron chi connectivity index (χ2n) is 13.2. The average Bonchev–Trinajstić information content (AvgIpc) is 3.79. The first-order chi connectivity index (χ1) is 22.4. The van der Waals surface area contributed by atoms with E-state index in [1.165, 1.54) is 15.9 Å². The van der Waals surface area contributed by atoms with Crippen molar-refractivity contribution < 1.29 is 19.1 Å². The van der Waals surface area contributed by atoms with Gasteiger partial charge in [0.05, 0.1) is 18.3 Å². The second-order valence-corrected chi connectivity index (χ2v) is 13.2. The summed E-state index contributed by atoms with van der Waals surface area (Å²) in [5.41, 5.74) is 24.2. The van der Waals surface area contributed by atoms with Crippen LogP contribution in [0.15, 0.2) is 21.4 Å². The van der Waals surface area contributed by atoms with Crippen LogP contribution in [-0.4, -0.2) is 81.4 Å². The molecule has 1 atom stereocenters. The van der Waals surface area contributed by atoms with Crippen molar-refractivity contribution >= 4 is 41.7 Å². The van der Waals surface area contributed by atoms with Crippen molar-refractivity contribution in [3.63, 3.8) is 0 Å². The number of H-pyrrole nitrogens is 2. The van der Waals surface area contributed by atoms with Crippen LogP contribution in [0.1, 0.15) is 67.5 Å². The lowest BCUT2D eigenvalue weighted by Crippen LogP contribution is -2.53. The van der Waals surface area contributed by atoms with Gasteiger partial charge in [-0.3, -0.25) is 10.9 Å². The van der Waals surface area contributed by atoms with E-state index in [9.17, 15) is 9.59 Å². The Morgan fingerprint density at radius 2 is 1.69 bits per heavy atom. The predicted octanol–water partition coefficient (Wildman–Crippen LogP) is 1.04. The number of guanidine groups is 2. The summed E-state index contributed by atoms with van der Waals surface area (Å²) < 4.78 is 11.4.